The number of H-pyrrole nitrogens is 1. The number of nitrogens with one attached hydrogen (secondary N) is 3. The van der Waals surface area contributed by atoms with Gasteiger partial charge in [-0.1, -0.05) is 45.0 Å². The van der Waals surface area contributed by atoms with Crippen LogP contribution in [0.5, 0.6) is 5.75 Å². The lowest BCUT2D eigenvalue weighted by molar-refractivity contribution is -0.169. The number of aromatic nitrogens is 1. The van der Waals surface area contributed by atoms with Crippen molar-refractivity contribution in [3.63, 3.8) is 0 Å². The number of carbonyl (C=O) groups excluding carboxylic acids is 2. The quantitative estimate of drug-likeness (QED) is 0.0487. The minimum Gasteiger partial charge on any atom is -0.506 e. The number of anilines is 1. The number of phenols is 1. The van der Waals surface area contributed by atoms with Crippen LogP contribution < -0.4 is 16.2 Å². The first-order valence-electron chi connectivity index (χ1n) is 20.0. The predicted octanol–water partition coefficient (Wildman–Crippen LogP) is 8.40. The van der Waals surface area contributed by atoms with Crippen molar-refractivity contribution in [2.75, 3.05) is 25.5 Å². The molecule has 15 heteroatoms. The van der Waals surface area contributed by atoms with Gasteiger partial charge in [0, 0.05) is 43.5 Å². The average molecular weight is 863 g/mol. The van der Waals surface area contributed by atoms with Crippen molar-refractivity contribution < 1.29 is 33.4 Å². The molecule has 1 fully saturated rings. The van der Waals surface area contributed by atoms with Crippen LogP contribution in [-0.4, -0.2) is 72.6 Å². The molecule has 1 aliphatic carbocycles. The van der Waals surface area contributed by atoms with Gasteiger partial charge in [0.1, 0.15) is 17.7 Å². The molecule has 6 rings (SSSR count). The number of ether oxygens (including phenoxy) is 1. The highest BCUT2D eigenvalue weighted by atomic mass is 32.1. The van der Waals surface area contributed by atoms with Crippen LogP contribution >= 0.6 is 22.7 Å². The second-order valence-corrected chi connectivity index (χ2v) is 23.5. The van der Waals surface area contributed by atoms with Crippen LogP contribution in [0.3, 0.4) is 0 Å². The molecule has 0 radical (unpaired) electrons. The third-order valence-electron chi connectivity index (χ3n) is 11.7. The number of phenolic OH excluding ortho intramolecular Hbond substituents is 1. The Labute approximate surface area is 353 Å². The highest BCUT2D eigenvalue weighted by Gasteiger charge is 2.45. The van der Waals surface area contributed by atoms with E-state index >= 15 is 4.39 Å². The molecule has 5 N–H and O–H groups in total. The van der Waals surface area contributed by atoms with Gasteiger partial charge in [0.05, 0.1) is 27.1 Å². The molecule has 3 heterocycles. The van der Waals surface area contributed by atoms with E-state index in [1.54, 1.807) is 48.5 Å². The summed E-state index contributed by atoms with van der Waals surface area (Å²) in [6.07, 6.45) is 2.28. The molecule has 11 nitrogen and oxygen atoms in total. The highest BCUT2D eigenvalue weighted by Crippen LogP contribution is 2.42. The number of hydrogen-bond acceptors (Lipinski definition) is 11. The molecule has 1 atom stereocenters. The largest absolute Gasteiger partial charge is 0.506 e. The molecule has 0 bridgehead atoms. The topological polar surface area (TPSA) is 153 Å². The van der Waals surface area contributed by atoms with E-state index in [2.05, 4.69) is 54.4 Å². The third-order valence-corrected chi connectivity index (χ3v) is 18.2. The van der Waals surface area contributed by atoms with Gasteiger partial charge in [-0.3, -0.25) is 9.59 Å². The van der Waals surface area contributed by atoms with E-state index in [1.807, 2.05) is 23.9 Å². The zero-order valence-electron chi connectivity index (χ0n) is 34.5. The Morgan fingerprint density at radius 1 is 1.00 bits per heavy atom. The molecule has 316 valence electrons. The maximum Gasteiger partial charge on any atom is 0.349 e. The zero-order chi connectivity index (χ0) is 42.5. The summed E-state index contributed by atoms with van der Waals surface area (Å²) in [6, 6.07) is 18.5. The van der Waals surface area contributed by atoms with Crippen molar-refractivity contribution in [3.05, 3.63) is 115 Å². The number of thiophene rings is 2. The van der Waals surface area contributed by atoms with E-state index in [-0.39, 0.29) is 46.5 Å². The molecular weight excluding hydrogens is 808 g/mol. The number of amides is 1. The van der Waals surface area contributed by atoms with Gasteiger partial charge in [-0.15, -0.1) is 22.7 Å². The molecule has 0 unspecified atom stereocenters. The van der Waals surface area contributed by atoms with Gasteiger partial charge in [-0.2, -0.15) is 0 Å². The first-order chi connectivity index (χ1) is 28.0. The Balaban J connectivity index is 0.985. The summed E-state index contributed by atoms with van der Waals surface area (Å²) in [5.41, 5.74) is -0.175. The number of hydrogen-bond donors (Lipinski definition) is 5. The predicted molar refractivity (Wildman–Crippen MR) is 235 cm³/mol. The molecule has 3 aromatic heterocycles. The lowest BCUT2D eigenvalue weighted by Gasteiger charge is -2.39. The van der Waals surface area contributed by atoms with Gasteiger partial charge >= 0.3 is 5.97 Å². The van der Waals surface area contributed by atoms with E-state index in [9.17, 15) is 24.6 Å². The molecule has 0 saturated heterocycles. The second kappa shape index (κ2) is 18.6. The summed E-state index contributed by atoms with van der Waals surface area (Å²) in [5.74, 6) is -1.51. The number of esters is 1. The monoisotopic (exact) mass is 862 g/mol. The van der Waals surface area contributed by atoms with Gasteiger partial charge in [0.2, 0.25) is 17.1 Å². The van der Waals surface area contributed by atoms with Gasteiger partial charge in [0.25, 0.3) is 0 Å². The second-order valence-electron chi connectivity index (χ2n) is 16.9. The van der Waals surface area contributed by atoms with Gasteiger partial charge in [-0.25, -0.2) is 9.18 Å². The SMILES string of the molecule is CN(CCC(=O)Nc1ccc(CNC[C@@H](O[Si](C)(C)C(C)(C)C)c2ccc(O)c3[nH]c(=O)ccc23)cc1F)C1CCC(OC(=O)C(O)(c2cccs2)c2cccs2)CC1. The van der Waals surface area contributed by atoms with Crippen LogP contribution in [0.4, 0.5) is 10.1 Å². The van der Waals surface area contributed by atoms with Gasteiger partial charge in [0.15, 0.2) is 8.32 Å². The Morgan fingerprint density at radius 2 is 1.68 bits per heavy atom. The fourth-order valence-electron chi connectivity index (χ4n) is 7.21. The van der Waals surface area contributed by atoms with Crippen LogP contribution in [0.2, 0.25) is 18.1 Å². The number of halogens is 1. The van der Waals surface area contributed by atoms with Crippen LogP contribution in [0.1, 0.15) is 79.9 Å². The summed E-state index contributed by atoms with van der Waals surface area (Å²) in [4.78, 5) is 44.3. The van der Waals surface area contributed by atoms with Crippen molar-refractivity contribution in [2.24, 2.45) is 0 Å². The minimum absolute atomic E-state index is 0.0228. The maximum atomic E-state index is 15.3. The molecular formula is C44H55FN4O7S2Si. The third kappa shape index (κ3) is 10.4. The summed E-state index contributed by atoms with van der Waals surface area (Å²) in [5, 5.41) is 32.5. The Kier molecular flexibility index (Phi) is 14.0. The average Bonchev–Trinajstić information content (AvgIpc) is 3.94. The fourth-order valence-corrected chi connectivity index (χ4v) is 10.2. The number of rotatable bonds is 16. The number of aliphatic hydroxyl groups is 1. The maximum absolute atomic E-state index is 15.3. The summed E-state index contributed by atoms with van der Waals surface area (Å²) in [7, 11) is -0.315. The molecule has 1 saturated carbocycles. The van der Waals surface area contributed by atoms with E-state index in [0.717, 1.165) is 18.4 Å². The molecule has 1 amide bonds. The normalized spacial score (nSPS) is 17.0. The lowest BCUT2D eigenvalue weighted by Crippen LogP contribution is -2.43. The first-order valence-corrected chi connectivity index (χ1v) is 24.7. The number of aromatic hydroxyl groups is 1. The van der Waals surface area contributed by atoms with Crippen molar-refractivity contribution in [3.8, 4) is 5.75 Å². The fraction of sp³-hybridized carbons (Fsp3) is 0.432. The van der Waals surface area contributed by atoms with Gasteiger partial charge < -0.3 is 39.9 Å². The molecule has 2 aromatic carbocycles. The molecule has 0 aliphatic heterocycles. The summed E-state index contributed by atoms with van der Waals surface area (Å²) in [6.45, 7) is 12.0. The van der Waals surface area contributed by atoms with E-state index in [1.165, 1.54) is 34.8 Å². The van der Waals surface area contributed by atoms with E-state index < -0.39 is 31.8 Å². The lowest BCUT2D eigenvalue weighted by atomic mass is 9.91. The van der Waals surface area contributed by atoms with E-state index in [0.29, 0.717) is 58.7 Å². The summed E-state index contributed by atoms with van der Waals surface area (Å²) >= 11 is 2.63. The van der Waals surface area contributed by atoms with Crippen molar-refractivity contribution >= 4 is 59.5 Å². The number of aromatic amines is 1. The van der Waals surface area contributed by atoms with Crippen LogP contribution in [0.25, 0.3) is 10.9 Å². The summed E-state index contributed by atoms with van der Waals surface area (Å²) < 4.78 is 28.1. The Bertz CT molecular complexity index is 2230. The highest BCUT2D eigenvalue weighted by molar-refractivity contribution is 7.12. The van der Waals surface area contributed by atoms with Crippen LogP contribution in [0.15, 0.2) is 82.3 Å². The van der Waals surface area contributed by atoms with Crippen molar-refractivity contribution in [2.45, 2.75) is 101 Å². The Hall–Kier alpha value is -4.22. The molecule has 0 spiro atoms. The molecule has 5 aromatic rings. The van der Waals surface area contributed by atoms with Crippen LogP contribution in [-0.2, 0) is 30.9 Å². The number of carbonyl (C=O) groups is 2. The van der Waals surface area contributed by atoms with Gasteiger partial charge in [-0.05, 0) is 109 Å². The number of fused-ring (bicyclic) bond motifs is 1. The Morgan fingerprint density at radius 3 is 2.29 bits per heavy atom. The van der Waals surface area contributed by atoms with E-state index in [4.69, 9.17) is 9.16 Å². The number of benzene rings is 2. The molecule has 59 heavy (non-hydrogen) atoms. The minimum atomic E-state index is -2.28. The first kappa shape index (κ1) is 44.3. The van der Waals surface area contributed by atoms with Crippen LogP contribution in [0, 0.1) is 5.82 Å². The molecule has 1 aliphatic rings. The standard InChI is InChI=1S/C44H55FN4O7S2Si/c1-43(2,3)59(5,6)56-36(31-16-19-35(50)41-32(31)17-20-39(51)48-41)27-46-26-28-11-18-34(33(45)25-28)47-40(52)21-22-49(4)29-12-14-30(15-13-29)55-42(53)44(54,37-9-7-23-57-37)38-10-8-24-58-38/h7-11,16-20,23-25,29-30,36,46,50,54H,12-15,21-22,26-27H2,1-6H3,(H,47,52)(H,48,51)/t29?,30?,36-/m1/s1. The van der Waals surface area contributed by atoms with Crippen molar-refractivity contribution in [1.29, 1.82) is 0 Å². The number of nitrogens with zero attached hydrogens (tertiary/aromatic N) is 1. The smallest absolute Gasteiger partial charge is 0.349 e. The zero-order valence-corrected chi connectivity index (χ0v) is 37.1. The van der Waals surface area contributed by atoms with Crippen molar-refractivity contribution in [1.82, 2.24) is 15.2 Å². The number of pyridine rings is 1.